The van der Waals surface area contributed by atoms with E-state index in [-0.39, 0.29) is 34.9 Å². The van der Waals surface area contributed by atoms with Gasteiger partial charge in [0.25, 0.3) is 0 Å². The van der Waals surface area contributed by atoms with E-state index in [0.29, 0.717) is 24.8 Å². The Hall–Kier alpha value is -3.85. The molecule has 1 aromatic rings. The van der Waals surface area contributed by atoms with E-state index >= 15 is 0 Å². The fourth-order valence-corrected chi connectivity index (χ4v) is 8.91. The highest BCUT2D eigenvalue weighted by atomic mass is 35.5. The van der Waals surface area contributed by atoms with Crippen molar-refractivity contribution in [2.75, 3.05) is 6.61 Å². The zero-order valence-electron chi connectivity index (χ0n) is 41.8. The Morgan fingerprint density at radius 1 is 0.871 bits per heavy atom. The van der Waals surface area contributed by atoms with E-state index in [4.69, 9.17) is 56.4 Å². The van der Waals surface area contributed by atoms with Crippen LogP contribution in [0.3, 0.4) is 0 Å². The van der Waals surface area contributed by atoms with E-state index < -0.39 is 132 Å². The summed E-state index contributed by atoms with van der Waals surface area (Å²) in [5.41, 5.74) is 0.510. The second-order valence-corrected chi connectivity index (χ2v) is 19.7. The Bertz CT molecular complexity index is 2160. The number of rotatable bonds is 12. The van der Waals surface area contributed by atoms with Crippen molar-refractivity contribution < 1.29 is 83.3 Å². The second kappa shape index (κ2) is 25.7. The maximum absolute atomic E-state index is 13.8. The molecule has 0 radical (unpaired) electrons. The third-order valence-corrected chi connectivity index (χ3v) is 13.5. The van der Waals surface area contributed by atoms with Gasteiger partial charge in [-0.1, -0.05) is 93.8 Å². The van der Waals surface area contributed by atoms with Crippen LogP contribution < -0.4 is 0 Å². The number of aliphatic hydroxyl groups is 5. The Labute approximate surface area is 420 Å². The molecule has 0 spiro atoms. The molecule has 0 aromatic heterocycles. The molecule has 70 heavy (non-hydrogen) atoms. The molecule has 2 fully saturated rings. The lowest BCUT2D eigenvalue weighted by Crippen LogP contribution is -2.64. The SMILES string of the molecule is CCc1c(Cl)c(O)c(Cl)c(O)c1C(=O)O[C@H]1[C@H](O)[C@H](O)[C@H](OC/C2=C\C=C\C[C@H](O)/C(C)=C/[C@H](CC)[C@@H](O[C@@H]3OC(C)(C)[C@@H](OC(=O)C(C)C)[C@H](O)[C@@H]3O)/C(C)=C/C(C)=C/C[C@H](CC)OC2=O)O[C@@H]1C. The second-order valence-electron chi connectivity index (χ2n) is 18.9. The van der Waals surface area contributed by atoms with Crippen molar-refractivity contribution in [3.63, 3.8) is 0 Å². The van der Waals surface area contributed by atoms with Crippen LogP contribution >= 0.6 is 23.2 Å². The summed E-state index contributed by atoms with van der Waals surface area (Å²) in [6, 6.07) is 0. The number of ether oxygens (including phenoxy) is 7. The summed E-state index contributed by atoms with van der Waals surface area (Å²) in [6.07, 6.45) is -3.75. The van der Waals surface area contributed by atoms with Crippen LogP contribution in [-0.4, -0.2) is 139 Å². The number of cyclic esters (lactones) is 1. The minimum absolute atomic E-state index is 0.0139. The molecule has 0 unspecified atom stereocenters. The lowest BCUT2D eigenvalue weighted by molar-refractivity contribution is -0.333. The quantitative estimate of drug-likeness (QED) is 0.0660. The van der Waals surface area contributed by atoms with Crippen molar-refractivity contribution >= 4 is 41.1 Å². The fourth-order valence-electron chi connectivity index (χ4n) is 8.35. The number of halogens is 2. The van der Waals surface area contributed by atoms with Gasteiger partial charge in [0.15, 0.2) is 36.3 Å². The van der Waals surface area contributed by atoms with Crippen LogP contribution in [0.5, 0.6) is 11.5 Å². The molecule has 0 bridgehead atoms. The molecule has 17 nitrogen and oxygen atoms in total. The third kappa shape index (κ3) is 14.2. The normalized spacial score (nSPS) is 35.0. The molecule has 0 amide bonds. The largest absolute Gasteiger partial charge is 0.505 e. The Morgan fingerprint density at radius 3 is 2.14 bits per heavy atom. The van der Waals surface area contributed by atoms with Crippen LogP contribution in [0.1, 0.15) is 118 Å². The monoisotopic (exact) mass is 1030 g/mol. The molecule has 4 rings (SSSR count). The number of phenolic OH excluding ortho intramolecular Hbond substituents is 2. The molecule has 1 aromatic carbocycles. The minimum Gasteiger partial charge on any atom is -0.505 e. The maximum Gasteiger partial charge on any atom is 0.342 e. The van der Waals surface area contributed by atoms with Gasteiger partial charge in [0.1, 0.15) is 46.7 Å². The first-order valence-electron chi connectivity index (χ1n) is 23.7. The van der Waals surface area contributed by atoms with Crippen molar-refractivity contribution in [1.82, 2.24) is 0 Å². The summed E-state index contributed by atoms with van der Waals surface area (Å²) < 4.78 is 41.6. The predicted molar refractivity (Wildman–Crippen MR) is 259 cm³/mol. The number of benzene rings is 1. The number of esters is 3. The average Bonchev–Trinajstić information content (AvgIpc) is 3.31. The van der Waals surface area contributed by atoms with E-state index in [9.17, 15) is 50.1 Å². The lowest BCUT2D eigenvalue weighted by Gasteiger charge is -2.47. The van der Waals surface area contributed by atoms with Crippen molar-refractivity contribution in [3.8, 4) is 11.5 Å². The van der Waals surface area contributed by atoms with Gasteiger partial charge in [-0.3, -0.25) is 4.79 Å². The van der Waals surface area contributed by atoms with Gasteiger partial charge in [-0.15, -0.1) is 0 Å². The summed E-state index contributed by atoms with van der Waals surface area (Å²) in [5, 5.41) is 76.2. The van der Waals surface area contributed by atoms with E-state index in [2.05, 4.69) is 0 Å². The smallest absolute Gasteiger partial charge is 0.342 e. The highest BCUT2D eigenvalue weighted by molar-refractivity contribution is 6.39. The highest BCUT2D eigenvalue weighted by Crippen LogP contribution is 2.45. The molecule has 2 saturated heterocycles. The van der Waals surface area contributed by atoms with Crippen LogP contribution in [0, 0.1) is 11.8 Å². The molecular weight excluding hydrogens is 955 g/mol. The molecule has 0 saturated carbocycles. The lowest BCUT2D eigenvalue weighted by atomic mass is 9.88. The Morgan fingerprint density at radius 2 is 1.53 bits per heavy atom. The number of hydrogen-bond donors (Lipinski definition) is 7. The van der Waals surface area contributed by atoms with Crippen LogP contribution in [-0.2, 0) is 49.2 Å². The number of aliphatic hydroxyl groups excluding tert-OH is 5. The van der Waals surface area contributed by atoms with Crippen LogP contribution in [0.25, 0.3) is 0 Å². The summed E-state index contributed by atoms with van der Waals surface area (Å²) >= 11 is 12.2. The highest BCUT2D eigenvalue weighted by Gasteiger charge is 2.53. The Kier molecular flexibility index (Phi) is 21.6. The van der Waals surface area contributed by atoms with Crippen molar-refractivity contribution in [3.05, 3.63) is 79.9 Å². The van der Waals surface area contributed by atoms with Gasteiger partial charge in [-0.25, -0.2) is 9.59 Å². The number of carbonyl (C=O) groups excluding carboxylic acids is 3. The Balaban J connectivity index is 1.56. The number of allylic oxidation sites excluding steroid dienone is 4. The standard InChI is InChI=1S/C51H72Cl2O17/c1-12-29-22-26(7)33(54)18-16-15-17-30(23-64-49-41(59)39(57)44(28(9)65-49)67-48(63)34-32(14-3)35(52)38(56)36(53)37(34)55)47(62)66-31(13-2)20-19-25(6)21-27(8)43(29)68-50-42(60)40(58)45(51(10,11)70-50)69-46(61)24(4)5/h15-17,19,21-22,24,28-29,31,33,39-45,49-50,54-60H,12-14,18,20,23H2,1-11H3/b16-15+,25-19+,26-22+,27-21+,30-17+/t28-,29+,31+,33+,39-,40-,41+,42+,43+,44-,45+,49-,50-/m1/s1. The minimum atomic E-state index is -1.80. The van der Waals surface area contributed by atoms with E-state index in [1.807, 2.05) is 45.9 Å². The zero-order chi connectivity index (χ0) is 52.5. The molecule has 392 valence electrons. The third-order valence-electron chi connectivity index (χ3n) is 12.7. The number of carbonyl (C=O) groups is 3. The summed E-state index contributed by atoms with van der Waals surface area (Å²) in [6.45, 7) is 18.5. The van der Waals surface area contributed by atoms with Crippen molar-refractivity contribution in [1.29, 1.82) is 0 Å². The average molecular weight is 1030 g/mol. The predicted octanol–water partition coefficient (Wildman–Crippen LogP) is 6.61. The summed E-state index contributed by atoms with van der Waals surface area (Å²) in [7, 11) is 0. The molecular formula is C51H72Cl2O17. The van der Waals surface area contributed by atoms with Gasteiger partial charge in [-0.2, -0.15) is 0 Å². The zero-order valence-corrected chi connectivity index (χ0v) is 43.3. The van der Waals surface area contributed by atoms with Crippen LogP contribution in [0.4, 0.5) is 0 Å². The van der Waals surface area contributed by atoms with Gasteiger partial charge >= 0.3 is 17.9 Å². The maximum atomic E-state index is 13.8. The summed E-state index contributed by atoms with van der Waals surface area (Å²) in [4.78, 5) is 39.7. The van der Waals surface area contributed by atoms with Crippen molar-refractivity contribution in [2.24, 2.45) is 11.8 Å². The van der Waals surface area contributed by atoms with Gasteiger partial charge in [0, 0.05) is 12.3 Å². The number of aromatic hydroxyl groups is 2. The first-order valence-corrected chi connectivity index (χ1v) is 24.5. The van der Waals surface area contributed by atoms with E-state index in [1.165, 1.54) is 13.0 Å². The first-order chi connectivity index (χ1) is 32.8. The molecule has 7 N–H and O–H groups in total. The number of hydrogen-bond acceptors (Lipinski definition) is 17. The summed E-state index contributed by atoms with van der Waals surface area (Å²) in [5.74, 6) is -4.68. The molecule has 13 atom stereocenters. The van der Waals surface area contributed by atoms with Gasteiger partial charge in [0.2, 0.25) is 0 Å². The molecule has 0 aliphatic carbocycles. The molecule has 3 heterocycles. The number of phenols is 2. The molecule has 3 aliphatic rings. The van der Waals surface area contributed by atoms with Gasteiger partial charge in [-0.05, 0) is 90.0 Å². The molecule has 19 heteroatoms. The first kappa shape index (κ1) is 58.7. The van der Waals surface area contributed by atoms with Crippen LogP contribution in [0.2, 0.25) is 10.0 Å². The fraction of sp³-hybridized carbons (Fsp3) is 0.627. The van der Waals surface area contributed by atoms with Gasteiger partial charge in [0.05, 0.1) is 41.4 Å². The van der Waals surface area contributed by atoms with E-state index in [1.54, 1.807) is 53.7 Å². The van der Waals surface area contributed by atoms with Crippen molar-refractivity contribution in [2.45, 2.75) is 187 Å². The van der Waals surface area contributed by atoms with Gasteiger partial charge < -0.3 is 68.9 Å². The molecule has 3 aliphatic heterocycles. The van der Waals surface area contributed by atoms with E-state index in [0.717, 1.165) is 11.1 Å². The topological polar surface area (TPSA) is 257 Å². The van der Waals surface area contributed by atoms with Crippen LogP contribution in [0.15, 0.2) is 58.7 Å².